The van der Waals surface area contributed by atoms with Crippen molar-refractivity contribution in [3.05, 3.63) is 41.2 Å². The molecule has 0 aliphatic carbocycles. The molecule has 0 spiro atoms. The Morgan fingerprint density at radius 3 is 2.91 bits per heavy atom. The van der Waals surface area contributed by atoms with E-state index in [1.165, 1.54) is 0 Å². The first-order valence-corrected chi connectivity index (χ1v) is 7.85. The molecule has 2 aromatic heterocycles. The van der Waals surface area contributed by atoms with Crippen molar-refractivity contribution >= 4 is 11.8 Å². The molecule has 0 aromatic carbocycles. The fourth-order valence-electron chi connectivity index (χ4n) is 2.98. The van der Waals surface area contributed by atoms with Gasteiger partial charge in [-0.15, -0.1) is 0 Å². The summed E-state index contributed by atoms with van der Waals surface area (Å²) in [6, 6.07) is 0. The molecule has 0 amide bonds. The van der Waals surface area contributed by atoms with Crippen molar-refractivity contribution < 1.29 is 9.53 Å². The van der Waals surface area contributed by atoms with Crippen molar-refractivity contribution in [2.45, 2.75) is 32.6 Å². The molecule has 23 heavy (non-hydrogen) atoms. The third-order valence-electron chi connectivity index (χ3n) is 3.98. The predicted molar refractivity (Wildman–Crippen MR) is 85.8 cm³/mol. The molecule has 122 valence electrons. The predicted octanol–water partition coefficient (Wildman–Crippen LogP) is 2.32. The van der Waals surface area contributed by atoms with E-state index in [0.717, 1.165) is 35.7 Å². The third kappa shape index (κ3) is 2.62. The Kier molecular flexibility index (Phi) is 4.18. The van der Waals surface area contributed by atoms with Crippen molar-refractivity contribution in [1.82, 2.24) is 19.7 Å². The maximum atomic E-state index is 12.6. The quantitative estimate of drug-likeness (QED) is 0.827. The molecule has 0 bridgehead atoms. The Labute approximate surface area is 134 Å². The van der Waals surface area contributed by atoms with E-state index in [4.69, 9.17) is 4.74 Å². The van der Waals surface area contributed by atoms with E-state index in [2.05, 4.69) is 27.4 Å². The molecule has 2 N–H and O–H groups in total. The number of anilines is 1. The van der Waals surface area contributed by atoms with Crippen LogP contribution in [-0.4, -0.2) is 32.3 Å². The fourth-order valence-corrected chi connectivity index (χ4v) is 2.98. The van der Waals surface area contributed by atoms with Gasteiger partial charge in [0, 0.05) is 36.9 Å². The molecule has 7 nitrogen and oxygen atoms in total. The van der Waals surface area contributed by atoms with Crippen LogP contribution in [0.4, 0.5) is 5.82 Å². The summed E-state index contributed by atoms with van der Waals surface area (Å²) in [6.45, 7) is 4.23. The first-order chi connectivity index (χ1) is 11.2. The van der Waals surface area contributed by atoms with Gasteiger partial charge in [-0.2, -0.15) is 5.10 Å². The number of H-pyrrole nitrogens is 1. The number of hydrogen-bond acceptors (Lipinski definition) is 5. The van der Waals surface area contributed by atoms with Crippen molar-refractivity contribution in [3.63, 3.8) is 0 Å². The summed E-state index contributed by atoms with van der Waals surface area (Å²) >= 11 is 0. The summed E-state index contributed by atoms with van der Waals surface area (Å²) in [5.74, 6) is 0.953. The lowest BCUT2D eigenvalue weighted by Crippen LogP contribution is -2.26. The maximum absolute atomic E-state index is 12.6. The Balaban J connectivity index is 2.17. The Hall–Kier alpha value is -2.57. The standard InChI is InChI=1S/C16H21N5O2/c1-4-6-11-13(16(22)23-5-2)12(15-17-7-8-21(15)3)10-9-18-20-14(10)19-11/h7-9,12H,4-6H2,1-3H3,(H2,18,19,20). The number of carbonyl (C=O) groups excluding carboxylic acids is 1. The topological polar surface area (TPSA) is 84.8 Å². The van der Waals surface area contributed by atoms with Gasteiger partial charge in [-0.1, -0.05) is 13.3 Å². The number of rotatable bonds is 5. The lowest BCUT2D eigenvalue weighted by atomic mass is 9.86. The maximum Gasteiger partial charge on any atom is 0.336 e. The normalized spacial score (nSPS) is 16.9. The molecule has 0 radical (unpaired) electrons. The second kappa shape index (κ2) is 6.28. The van der Waals surface area contributed by atoms with E-state index in [0.29, 0.717) is 12.2 Å². The lowest BCUT2D eigenvalue weighted by Gasteiger charge is -2.27. The number of aryl methyl sites for hydroxylation is 1. The van der Waals surface area contributed by atoms with Gasteiger partial charge in [-0.25, -0.2) is 9.78 Å². The highest BCUT2D eigenvalue weighted by Gasteiger charge is 2.37. The van der Waals surface area contributed by atoms with Crippen LogP contribution in [0.25, 0.3) is 0 Å². The van der Waals surface area contributed by atoms with Gasteiger partial charge in [0.15, 0.2) is 5.82 Å². The number of imidazole rings is 1. The van der Waals surface area contributed by atoms with Crippen LogP contribution in [-0.2, 0) is 16.6 Å². The smallest absolute Gasteiger partial charge is 0.336 e. The van der Waals surface area contributed by atoms with E-state index in [9.17, 15) is 4.79 Å². The van der Waals surface area contributed by atoms with Gasteiger partial charge in [0.1, 0.15) is 5.82 Å². The van der Waals surface area contributed by atoms with Gasteiger partial charge in [-0.3, -0.25) is 5.10 Å². The number of esters is 1. The van der Waals surface area contributed by atoms with Crippen molar-refractivity contribution in [1.29, 1.82) is 0 Å². The van der Waals surface area contributed by atoms with Gasteiger partial charge in [0.2, 0.25) is 0 Å². The van der Waals surface area contributed by atoms with E-state index in [1.54, 1.807) is 6.20 Å². The third-order valence-corrected chi connectivity index (χ3v) is 3.98. The zero-order chi connectivity index (χ0) is 16.4. The molecule has 3 rings (SSSR count). The average Bonchev–Trinajstić information content (AvgIpc) is 3.15. The second-order valence-electron chi connectivity index (χ2n) is 5.51. The minimum atomic E-state index is -0.302. The van der Waals surface area contributed by atoms with Crippen LogP contribution in [0.5, 0.6) is 0 Å². The number of aromatic nitrogens is 4. The molecule has 1 aliphatic rings. The molecule has 0 saturated heterocycles. The average molecular weight is 315 g/mol. The number of ether oxygens (including phenoxy) is 1. The zero-order valence-electron chi connectivity index (χ0n) is 13.6. The summed E-state index contributed by atoms with van der Waals surface area (Å²) in [6.07, 6.45) is 7.09. The number of nitrogens with one attached hydrogen (secondary N) is 2. The second-order valence-corrected chi connectivity index (χ2v) is 5.51. The molecule has 3 heterocycles. The number of nitrogens with zero attached hydrogens (tertiary/aromatic N) is 3. The SMILES string of the molecule is CCCC1=C(C(=O)OCC)C(c2nccn2C)c2c[nH]nc2N1. The number of hydrogen-bond donors (Lipinski definition) is 2. The summed E-state index contributed by atoms with van der Waals surface area (Å²) in [4.78, 5) is 17.1. The summed E-state index contributed by atoms with van der Waals surface area (Å²) in [5, 5.41) is 10.4. The van der Waals surface area contributed by atoms with Crippen LogP contribution < -0.4 is 5.32 Å². The molecule has 1 unspecified atom stereocenters. The molecule has 2 aromatic rings. The van der Waals surface area contributed by atoms with Gasteiger partial charge in [0.25, 0.3) is 0 Å². The number of allylic oxidation sites excluding steroid dienone is 1. The lowest BCUT2D eigenvalue weighted by molar-refractivity contribution is -0.138. The highest BCUT2D eigenvalue weighted by molar-refractivity contribution is 5.94. The molecule has 1 atom stereocenters. The van der Waals surface area contributed by atoms with E-state index in [1.807, 2.05) is 30.9 Å². The van der Waals surface area contributed by atoms with Crippen LogP contribution in [0.2, 0.25) is 0 Å². The van der Waals surface area contributed by atoms with Gasteiger partial charge in [-0.05, 0) is 13.3 Å². The van der Waals surface area contributed by atoms with Crippen molar-refractivity contribution in [3.8, 4) is 0 Å². The monoisotopic (exact) mass is 315 g/mol. The number of carbonyl (C=O) groups is 1. The highest BCUT2D eigenvalue weighted by atomic mass is 16.5. The molecular weight excluding hydrogens is 294 g/mol. The molecule has 0 fully saturated rings. The summed E-state index contributed by atoms with van der Waals surface area (Å²) < 4.78 is 7.24. The van der Waals surface area contributed by atoms with Crippen molar-refractivity contribution in [2.24, 2.45) is 7.05 Å². The molecule has 0 saturated carbocycles. The van der Waals surface area contributed by atoms with Crippen LogP contribution in [0.1, 0.15) is 44.0 Å². The van der Waals surface area contributed by atoms with Gasteiger partial charge < -0.3 is 14.6 Å². The Bertz CT molecular complexity index is 743. The molecule has 7 heteroatoms. The van der Waals surface area contributed by atoms with Crippen LogP contribution in [0.15, 0.2) is 29.9 Å². The summed E-state index contributed by atoms with van der Waals surface area (Å²) in [7, 11) is 1.92. The van der Waals surface area contributed by atoms with Gasteiger partial charge >= 0.3 is 5.97 Å². The minimum Gasteiger partial charge on any atom is -0.463 e. The van der Waals surface area contributed by atoms with Crippen LogP contribution >= 0.6 is 0 Å². The van der Waals surface area contributed by atoms with Gasteiger partial charge in [0.05, 0.1) is 18.1 Å². The molecular formula is C16H21N5O2. The highest BCUT2D eigenvalue weighted by Crippen LogP contribution is 2.41. The Morgan fingerprint density at radius 1 is 1.43 bits per heavy atom. The number of fused-ring (bicyclic) bond motifs is 1. The first-order valence-electron chi connectivity index (χ1n) is 7.85. The van der Waals surface area contributed by atoms with Crippen LogP contribution in [0, 0.1) is 0 Å². The summed E-state index contributed by atoms with van der Waals surface area (Å²) in [5.41, 5.74) is 2.39. The van der Waals surface area contributed by atoms with E-state index < -0.39 is 0 Å². The fraction of sp³-hybridized carbons (Fsp3) is 0.438. The largest absolute Gasteiger partial charge is 0.463 e. The molecule has 1 aliphatic heterocycles. The first kappa shape index (κ1) is 15.3. The van der Waals surface area contributed by atoms with E-state index in [-0.39, 0.29) is 11.9 Å². The Morgan fingerprint density at radius 2 is 2.26 bits per heavy atom. The number of aromatic amines is 1. The van der Waals surface area contributed by atoms with Crippen LogP contribution in [0.3, 0.4) is 0 Å². The minimum absolute atomic E-state index is 0.286. The van der Waals surface area contributed by atoms with Crippen molar-refractivity contribution in [2.75, 3.05) is 11.9 Å². The van der Waals surface area contributed by atoms with E-state index >= 15 is 0 Å². The zero-order valence-corrected chi connectivity index (χ0v) is 13.6.